The van der Waals surface area contributed by atoms with E-state index in [1.165, 1.54) is 11.3 Å². The van der Waals surface area contributed by atoms with Crippen LogP contribution < -0.4 is 11.1 Å². The number of hydrogen-bond acceptors (Lipinski definition) is 4. The first kappa shape index (κ1) is 12.1. The highest BCUT2D eigenvalue weighted by Crippen LogP contribution is 2.01. The van der Waals surface area contributed by atoms with Crippen LogP contribution in [0.5, 0.6) is 0 Å². The smallest absolute Gasteiger partial charge is 0.270 e. The molecule has 1 aromatic heterocycles. The lowest BCUT2D eigenvalue weighted by molar-refractivity contribution is 0.0948. The van der Waals surface area contributed by atoms with E-state index >= 15 is 0 Å². The second-order valence-corrected chi connectivity index (χ2v) is 4.05. The Morgan fingerprint density at radius 3 is 2.87 bits per heavy atom. The van der Waals surface area contributed by atoms with Crippen molar-refractivity contribution in [2.24, 2.45) is 5.73 Å². The summed E-state index contributed by atoms with van der Waals surface area (Å²) >= 11 is 1.43. The van der Waals surface area contributed by atoms with Crippen LogP contribution in [-0.2, 0) is 0 Å². The van der Waals surface area contributed by atoms with Gasteiger partial charge in [0.1, 0.15) is 5.69 Å². The summed E-state index contributed by atoms with van der Waals surface area (Å²) in [5.74, 6) is -0.0740. The van der Waals surface area contributed by atoms with Gasteiger partial charge in [-0.1, -0.05) is 12.8 Å². The third-order valence-electron chi connectivity index (χ3n) is 2.08. The number of carbonyl (C=O) groups excluding carboxylic acids is 1. The third-order valence-corrected chi connectivity index (χ3v) is 2.67. The summed E-state index contributed by atoms with van der Waals surface area (Å²) in [4.78, 5) is 15.3. The molecular formula is C10H17N3OS. The van der Waals surface area contributed by atoms with Crippen molar-refractivity contribution in [3.63, 3.8) is 0 Å². The fraction of sp³-hybridized carbons (Fsp3) is 0.600. The van der Waals surface area contributed by atoms with E-state index in [1.54, 1.807) is 10.9 Å². The van der Waals surface area contributed by atoms with Gasteiger partial charge < -0.3 is 11.1 Å². The Hall–Kier alpha value is -0.940. The Morgan fingerprint density at radius 1 is 1.40 bits per heavy atom. The molecule has 0 fully saturated rings. The molecule has 0 unspecified atom stereocenters. The molecule has 3 N–H and O–H groups in total. The van der Waals surface area contributed by atoms with Crippen LogP contribution in [0.3, 0.4) is 0 Å². The Kier molecular flexibility index (Phi) is 5.96. The minimum Gasteiger partial charge on any atom is -0.351 e. The first-order valence-electron chi connectivity index (χ1n) is 5.21. The molecular weight excluding hydrogens is 210 g/mol. The van der Waals surface area contributed by atoms with Gasteiger partial charge in [0.25, 0.3) is 5.91 Å². The molecule has 5 heteroatoms. The van der Waals surface area contributed by atoms with Gasteiger partial charge in [-0.25, -0.2) is 4.98 Å². The lowest BCUT2D eigenvalue weighted by Gasteiger charge is -2.02. The number of rotatable bonds is 7. The normalized spacial score (nSPS) is 10.2. The van der Waals surface area contributed by atoms with Crippen LogP contribution in [0.15, 0.2) is 10.9 Å². The summed E-state index contributed by atoms with van der Waals surface area (Å²) in [6, 6.07) is 0. The van der Waals surface area contributed by atoms with Crippen molar-refractivity contribution in [3.05, 3.63) is 16.6 Å². The molecule has 0 saturated heterocycles. The van der Waals surface area contributed by atoms with Gasteiger partial charge in [0.15, 0.2) is 0 Å². The quantitative estimate of drug-likeness (QED) is 0.692. The number of amides is 1. The van der Waals surface area contributed by atoms with Crippen molar-refractivity contribution in [1.29, 1.82) is 0 Å². The molecule has 0 bridgehead atoms. The zero-order chi connectivity index (χ0) is 10.9. The molecule has 4 nitrogen and oxygen atoms in total. The summed E-state index contributed by atoms with van der Waals surface area (Å²) in [6.45, 7) is 1.48. The zero-order valence-corrected chi connectivity index (χ0v) is 9.55. The van der Waals surface area contributed by atoms with Crippen LogP contribution in [0.4, 0.5) is 0 Å². The van der Waals surface area contributed by atoms with E-state index in [0.717, 1.165) is 38.8 Å². The summed E-state index contributed by atoms with van der Waals surface area (Å²) in [5, 5.41) is 4.59. The van der Waals surface area contributed by atoms with Gasteiger partial charge in [-0.2, -0.15) is 0 Å². The average molecular weight is 227 g/mol. The summed E-state index contributed by atoms with van der Waals surface area (Å²) < 4.78 is 0. The van der Waals surface area contributed by atoms with Crippen LogP contribution in [0.25, 0.3) is 0 Å². The number of carbonyl (C=O) groups is 1. The van der Waals surface area contributed by atoms with E-state index in [4.69, 9.17) is 5.73 Å². The van der Waals surface area contributed by atoms with Crippen molar-refractivity contribution in [3.8, 4) is 0 Å². The topological polar surface area (TPSA) is 68.0 Å². The molecule has 0 atom stereocenters. The summed E-state index contributed by atoms with van der Waals surface area (Å²) in [5.41, 5.74) is 7.56. The van der Waals surface area contributed by atoms with Gasteiger partial charge in [0.05, 0.1) is 5.51 Å². The van der Waals surface area contributed by atoms with Crippen LogP contribution in [-0.4, -0.2) is 24.0 Å². The maximum Gasteiger partial charge on any atom is 0.270 e. The van der Waals surface area contributed by atoms with Gasteiger partial charge in [-0.3, -0.25) is 4.79 Å². The number of thiazole rings is 1. The number of nitrogens with one attached hydrogen (secondary N) is 1. The Bertz CT molecular complexity index is 274. The lowest BCUT2D eigenvalue weighted by Crippen LogP contribution is -2.24. The number of aromatic nitrogens is 1. The molecule has 1 rings (SSSR count). The zero-order valence-electron chi connectivity index (χ0n) is 8.74. The SMILES string of the molecule is NCCCCCCNC(=O)c1cscn1. The van der Waals surface area contributed by atoms with Crippen LogP contribution in [0.2, 0.25) is 0 Å². The molecule has 0 aliphatic rings. The molecule has 0 aromatic carbocycles. The summed E-state index contributed by atoms with van der Waals surface area (Å²) in [7, 11) is 0. The molecule has 0 aliphatic carbocycles. The lowest BCUT2D eigenvalue weighted by atomic mass is 10.2. The highest BCUT2D eigenvalue weighted by Gasteiger charge is 2.05. The highest BCUT2D eigenvalue weighted by atomic mass is 32.1. The first-order chi connectivity index (χ1) is 7.34. The summed E-state index contributed by atoms with van der Waals surface area (Å²) in [6.07, 6.45) is 4.34. The van der Waals surface area contributed by atoms with Crippen LogP contribution in [0, 0.1) is 0 Å². The molecule has 0 saturated carbocycles. The van der Waals surface area contributed by atoms with Crippen LogP contribution >= 0.6 is 11.3 Å². The standard InChI is InChI=1S/C10H17N3OS/c11-5-3-1-2-4-6-12-10(14)9-7-15-8-13-9/h7-8H,1-6,11H2,(H,12,14). The predicted octanol–water partition coefficient (Wildman–Crippen LogP) is 1.39. The van der Waals surface area contributed by atoms with Gasteiger partial charge >= 0.3 is 0 Å². The largest absolute Gasteiger partial charge is 0.351 e. The predicted molar refractivity (Wildman–Crippen MR) is 62.0 cm³/mol. The number of unbranched alkanes of at least 4 members (excludes halogenated alkanes) is 3. The van der Waals surface area contributed by atoms with E-state index in [0.29, 0.717) is 5.69 Å². The third kappa shape index (κ3) is 4.90. The van der Waals surface area contributed by atoms with E-state index < -0.39 is 0 Å². The Morgan fingerprint density at radius 2 is 2.20 bits per heavy atom. The van der Waals surface area contributed by atoms with E-state index in [-0.39, 0.29) is 5.91 Å². The van der Waals surface area contributed by atoms with Crippen molar-refractivity contribution in [2.45, 2.75) is 25.7 Å². The molecule has 15 heavy (non-hydrogen) atoms. The molecule has 0 radical (unpaired) electrons. The Balaban J connectivity index is 2.03. The van der Waals surface area contributed by atoms with E-state index in [9.17, 15) is 4.79 Å². The van der Waals surface area contributed by atoms with E-state index in [2.05, 4.69) is 10.3 Å². The minimum absolute atomic E-state index is 0.0740. The van der Waals surface area contributed by atoms with Gasteiger partial charge in [0, 0.05) is 11.9 Å². The molecule has 1 amide bonds. The van der Waals surface area contributed by atoms with Crippen molar-refractivity contribution in [2.75, 3.05) is 13.1 Å². The molecule has 84 valence electrons. The van der Waals surface area contributed by atoms with Gasteiger partial charge in [0.2, 0.25) is 0 Å². The maximum absolute atomic E-state index is 11.4. The minimum atomic E-state index is -0.0740. The second kappa shape index (κ2) is 7.36. The average Bonchev–Trinajstić information content (AvgIpc) is 2.76. The fourth-order valence-electron chi connectivity index (χ4n) is 1.24. The van der Waals surface area contributed by atoms with Crippen LogP contribution in [0.1, 0.15) is 36.2 Å². The van der Waals surface area contributed by atoms with Crippen molar-refractivity contribution in [1.82, 2.24) is 10.3 Å². The number of nitrogens with zero attached hydrogens (tertiary/aromatic N) is 1. The van der Waals surface area contributed by atoms with Gasteiger partial charge in [-0.05, 0) is 19.4 Å². The Labute approximate surface area is 93.9 Å². The molecule has 0 aliphatic heterocycles. The van der Waals surface area contributed by atoms with Gasteiger partial charge in [-0.15, -0.1) is 11.3 Å². The second-order valence-electron chi connectivity index (χ2n) is 3.33. The molecule has 0 spiro atoms. The first-order valence-corrected chi connectivity index (χ1v) is 6.15. The maximum atomic E-state index is 11.4. The number of hydrogen-bond donors (Lipinski definition) is 2. The fourth-order valence-corrected chi connectivity index (χ4v) is 1.77. The highest BCUT2D eigenvalue weighted by molar-refractivity contribution is 7.07. The number of nitrogens with two attached hydrogens (primary N) is 1. The van der Waals surface area contributed by atoms with E-state index in [1.807, 2.05) is 0 Å². The monoisotopic (exact) mass is 227 g/mol. The molecule has 1 aromatic rings. The van der Waals surface area contributed by atoms with Crippen molar-refractivity contribution >= 4 is 17.2 Å². The molecule has 1 heterocycles. The van der Waals surface area contributed by atoms with Crippen molar-refractivity contribution < 1.29 is 4.79 Å².